The van der Waals surface area contributed by atoms with E-state index in [9.17, 15) is 4.79 Å². The summed E-state index contributed by atoms with van der Waals surface area (Å²) in [5, 5.41) is 0. The fourth-order valence-corrected chi connectivity index (χ4v) is 1.64. The molecular formula is C6H10OS. The van der Waals surface area contributed by atoms with Crippen LogP contribution in [0.3, 0.4) is 0 Å². The van der Waals surface area contributed by atoms with E-state index in [0.29, 0.717) is 5.78 Å². The maximum absolute atomic E-state index is 10.4. The van der Waals surface area contributed by atoms with Crippen molar-refractivity contribution < 1.29 is 4.79 Å². The van der Waals surface area contributed by atoms with Crippen molar-refractivity contribution >= 4 is 17.5 Å². The minimum Gasteiger partial charge on any atom is -0.300 e. The minimum absolute atomic E-state index is 0.448. The van der Waals surface area contributed by atoms with Gasteiger partial charge in [0.05, 0.1) is 0 Å². The van der Waals surface area contributed by atoms with E-state index >= 15 is 0 Å². The number of rotatable bonds is 2. The predicted octanol–water partition coefficient (Wildman–Crippen LogP) is 1.33. The van der Waals surface area contributed by atoms with Crippen LogP contribution in [0.1, 0.15) is 12.8 Å². The molecule has 0 atom stereocenters. The first-order valence-electron chi connectivity index (χ1n) is 2.83. The quantitative estimate of drug-likeness (QED) is 0.561. The van der Waals surface area contributed by atoms with E-state index in [0.717, 1.165) is 18.8 Å². The van der Waals surface area contributed by atoms with Crippen LogP contribution in [0.15, 0.2) is 0 Å². The normalized spacial score (nSPS) is 20.9. The molecule has 1 saturated carbocycles. The van der Waals surface area contributed by atoms with Crippen LogP contribution in [-0.2, 0) is 4.79 Å². The molecular weight excluding hydrogens is 120 g/mol. The molecule has 8 heavy (non-hydrogen) atoms. The maximum atomic E-state index is 10.4. The molecule has 1 fully saturated rings. The summed E-state index contributed by atoms with van der Waals surface area (Å²) in [5.41, 5.74) is 0. The second kappa shape index (κ2) is 2.53. The van der Waals surface area contributed by atoms with Crippen LogP contribution in [0.2, 0.25) is 0 Å². The molecule has 2 heteroatoms. The molecule has 1 aliphatic carbocycles. The molecule has 0 bridgehead atoms. The summed E-state index contributed by atoms with van der Waals surface area (Å²) >= 11 is 1.84. The van der Waals surface area contributed by atoms with Gasteiger partial charge in [-0.25, -0.2) is 0 Å². The number of hydrogen-bond acceptors (Lipinski definition) is 2. The molecule has 0 unspecified atom stereocenters. The molecule has 0 aromatic rings. The highest BCUT2D eigenvalue weighted by atomic mass is 32.2. The molecule has 46 valence electrons. The highest BCUT2D eigenvalue weighted by Crippen LogP contribution is 2.25. The number of Topliss-reactive ketones (excluding diaryl/α,β-unsaturated/α-hetero) is 1. The molecule has 0 aliphatic heterocycles. The summed E-state index contributed by atoms with van der Waals surface area (Å²) < 4.78 is 0. The van der Waals surface area contributed by atoms with Gasteiger partial charge in [0.2, 0.25) is 0 Å². The lowest BCUT2D eigenvalue weighted by Crippen LogP contribution is -2.24. The van der Waals surface area contributed by atoms with Crippen molar-refractivity contribution in [2.45, 2.75) is 12.8 Å². The van der Waals surface area contributed by atoms with E-state index in [-0.39, 0.29) is 0 Å². The van der Waals surface area contributed by atoms with E-state index < -0.39 is 0 Å². The van der Waals surface area contributed by atoms with Crippen molar-refractivity contribution in [1.82, 2.24) is 0 Å². The Kier molecular flexibility index (Phi) is 1.95. The second-order valence-corrected chi connectivity index (χ2v) is 3.18. The third kappa shape index (κ3) is 1.25. The standard InChI is InChI=1S/C6H10OS/c1-8-4-5-2-6(7)3-5/h5H,2-4H2,1H3. The van der Waals surface area contributed by atoms with Gasteiger partial charge in [-0.05, 0) is 17.9 Å². The highest BCUT2D eigenvalue weighted by Gasteiger charge is 2.25. The number of carbonyl (C=O) groups excluding carboxylic acids is 1. The van der Waals surface area contributed by atoms with Crippen molar-refractivity contribution in [2.24, 2.45) is 5.92 Å². The number of ketones is 1. The summed E-state index contributed by atoms with van der Waals surface area (Å²) in [5.74, 6) is 2.34. The zero-order chi connectivity index (χ0) is 5.98. The molecule has 0 spiro atoms. The van der Waals surface area contributed by atoms with E-state index in [1.165, 1.54) is 5.75 Å². The van der Waals surface area contributed by atoms with Gasteiger partial charge in [-0.1, -0.05) is 0 Å². The van der Waals surface area contributed by atoms with Crippen molar-refractivity contribution in [1.29, 1.82) is 0 Å². The first-order valence-corrected chi connectivity index (χ1v) is 4.23. The van der Waals surface area contributed by atoms with Gasteiger partial charge in [0.25, 0.3) is 0 Å². The molecule has 0 N–H and O–H groups in total. The van der Waals surface area contributed by atoms with Gasteiger partial charge in [0, 0.05) is 12.8 Å². The van der Waals surface area contributed by atoms with E-state index in [1.54, 1.807) is 0 Å². The smallest absolute Gasteiger partial charge is 0.133 e. The van der Waals surface area contributed by atoms with Crippen LogP contribution in [0.25, 0.3) is 0 Å². The summed E-state index contributed by atoms with van der Waals surface area (Å²) in [7, 11) is 0. The fraction of sp³-hybridized carbons (Fsp3) is 0.833. The SMILES string of the molecule is CSCC1CC(=O)C1. The zero-order valence-electron chi connectivity index (χ0n) is 5.02. The second-order valence-electron chi connectivity index (χ2n) is 2.27. The summed E-state index contributed by atoms with van der Waals surface area (Å²) in [6.07, 6.45) is 3.78. The van der Waals surface area contributed by atoms with Gasteiger partial charge in [0.1, 0.15) is 5.78 Å². The fourth-order valence-electron chi connectivity index (χ4n) is 0.938. The third-order valence-corrected chi connectivity index (χ3v) is 2.24. The molecule has 1 aliphatic rings. The molecule has 0 aromatic heterocycles. The first-order chi connectivity index (χ1) is 3.83. The lowest BCUT2D eigenvalue weighted by atomic mass is 9.86. The van der Waals surface area contributed by atoms with Gasteiger partial charge >= 0.3 is 0 Å². The highest BCUT2D eigenvalue weighted by molar-refractivity contribution is 7.98. The number of hydrogen-bond donors (Lipinski definition) is 0. The zero-order valence-corrected chi connectivity index (χ0v) is 5.83. The van der Waals surface area contributed by atoms with Crippen LogP contribution in [-0.4, -0.2) is 17.8 Å². The Balaban J connectivity index is 2.06. The Labute approximate surface area is 53.8 Å². The first kappa shape index (κ1) is 6.14. The van der Waals surface area contributed by atoms with Gasteiger partial charge in [-0.3, -0.25) is 4.79 Å². The van der Waals surface area contributed by atoms with Crippen molar-refractivity contribution in [3.63, 3.8) is 0 Å². The molecule has 0 saturated heterocycles. The van der Waals surface area contributed by atoms with Crippen LogP contribution in [0, 0.1) is 5.92 Å². The van der Waals surface area contributed by atoms with Gasteiger partial charge in [-0.2, -0.15) is 11.8 Å². The minimum atomic E-state index is 0.448. The van der Waals surface area contributed by atoms with E-state index in [2.05, 4.69) is 6.26 Å². The summed E-state index contributed by atoms with van der Waals surface area (Å²) in [6, 6.07) is 0. The van der Waals surface area contributed by atoms with E-state index in [4.69, 9.17) is 0 Å². The molecule has 0 aromatic carbocycles. The Bertz CT molecular complexity index is 92.7. The van der Waals surface area contributed by atoms with Gasteiger partial charge in [0.15, 0.2) is 0 Å². The van der Waals surface area contributed by atoms with E-state index in [1.807, 2.05) is 11.8 Å². The Morgan fingerprint density at radius 2 is 2.38 bits per heavy atom. The summed E-state index contributed by atoms with van der Waals surface area (Å²) in [4.78, 5) is 10.4. The largest absolute Gasteiger partial charge is 0.300 e. The van der Waals surface area contributed by atoms with Gasteiger partial charge < -0.3 is 0 Å². The Hall–Kier alpha value is 0.0200. The number of carbonyl (C=O) groups is 1. The van der Waals surface area contributed by atoms with Crippen molar-refractivity contribution in [3.8, 4) is 0 Å². The molecule has 0 amide bonds. The van der Waals surface area contributed by atoms with Crippen molar-refractivity contribution in [3.05, 3.63) is 0 Å². The van der Waals surface area contributed by atoms with Crippen LogP contribution in [0.4, 0.5) is 0 Å². The van der Waals surface area contributed by atoms with Crippen molar-refractivity contribution in [2.75, 3.05) is 12.0 Å². The molecule has 1 nitrogen and oxygen atoms in total. The molecule has 0 radical (unpaired) electrons. The molecule has 0 heterocycles. The summed E-state index contributed by atoms with van der Waals surface area (Å²) in [6.45, 7) is 0. The third-order valence-electron chi connectivity index (χ3n) is 1.44. The predicted molar refractivity (Wildman–Crippen MR) is 36.1 cm³/mol. The topological polar surface area (TPSA) is 17.1 Å². The lowest BCUT2D eigenvalue weighted by Gasteiger charge is -2.22. The van der Waals surface area contributed by atoms with Crippen LogP contribution >= 0.6 is 11.8 Å². The maximum Gasteiger partial charge on any atom is 0.133 e. The lowest BCUT2D eigenvalue weighted by molar-refractivity contribution is -0.126. The Morgan fingerprint density at radius 3 is 2.75 bits per heavy atom. The average Bonchev–Trinajstić information content (AvgIpc) is 1.64. The van der Waals surface area contributed by atoms with Crippen LogP contribution < -0.4 is 0 Å². The van der Waals surface area contributed by atoms with Crippen LogP contribution in [0.5, 0.6) is 0 Å². The molecule has 1 rings (SSSR count). The monoisotopic (exact) mass is 130 g/mol. The average molecular weight is 130 g/mol. The van der Waals surface area contributed by atoms with Gasteiger partial charge in [-0.15, -0.1) is 0 Å². The number of thioether (sulfide) groups is 1. The Morgan fingerprint density at radius 1 is 1.75 bits per heavy atom.